The van der Waals surface area contributed by atoms with Gasteiger partial charge in [0.25, 0.3) is 0 Å². The fourth-order valence-electron chi connectivity index (χ4n) is 1.60. The van der Waals surface area contributed by atoms with Crippen LogP contribution in [0.15, 0.2) is 24.3 Å². The van der Waals surface area contributed by atoms with E-state index in [0.717, 1.165) is 0 Å². The van der Waals surface area contributed by atoms with Crippen molar-refractivity contribution < 1.29 is 4.74 Å². The first kappa shape index (κ1) is 14.5. The van der Waals surface area contributed by atoms with Gasteiger partial charge in [0.2, 0.25) is 11.9 Å². The molecule has 21 heavy (non-hydrogen) atoms. The number of aromatic nitrogens is 3. The topological polar surface area (TPSA) is 95.8 Å². The molecule has 108 valence electrons. The maximum atomic E-state index is 9.09. The van der Waals surface area contributed by atoms with Crippen molar-refractivity contribution >= 4 is 17.6 Å². The smallest absolute Gasteiger partial charge is 0.323 e. The van der Waals surface area contributed by atoms with Crippen LogP contribution in [0.2, 0.25) is 0 Å². The molecular formula is C14H16N6O. The molecule has 0 fully saturated rings. The molecule has 2 rings (SSSR count). The SMILES string of the molecule is CNc1nc(Nc2ccccc2C#N)nc(OC(C)C)n1. The minimum absolute atomic E-state index is 0.0450. The number of benzene rings is 1. The molecule has 2 aromatic rings. The summed E-state index contributed by atoms with van der Waals surface area (Å²) in [4.78, 5) is 12.5. The molecule has 0 aliphatic rings. The molecule has 0 spiro atoms. The number of hydrogen-bond donors (Lipinski definition) is 2. The van der Waals surface area contributed by atoms with E-state index >= 15 is 0 Å². The molecule has 0 aliphatic carbocycles. The van der Waals surface area contributed by atoms with Gasteiger partial charge in [0.05, 0.1) is 17.4 Å². The van der Waals surface area contributed by atoms with Gasteiger partial charge in [-0.25, -0.2) is 0 Å². The summed E-state index contributed by atoms with van der Waals surface area (Å²) < 4.78 is 5.48. The van der Waals surface area contributed by atoms with E-state index in [1.165, 1.54) is 0 Å². The van der Waals surface area contributed by atoms with E-state index in [1.807, 2.05) is 19.9 Å². The second-order valence-electron chi connectivity index (χ2n) is 4.46. The third-order valence-electron chi connectivity index (χ3n) is 2.47. The average Bonchev–Trinajstić information content (AvgIpc) is 2.46. The lowest BCUT2D eigenvalue weighted by molar-refractivity contribution is 0.222. The van der Waals surface area contributed by atoms with Crippen LogP contribution < -0.4 is 15.4 Å². The molecule has 7 heteroatoms. The number of ether oxygens (including phenoxy) is 1. The van der Waals surface area contributed by atoms with E-state index in [4.69, 9.17) is 10.00 Å². The quantitative estimate of drug-likeness (QED) is 0.869. The Morgan fingerprint density at radius 1 is 1.14 bits per heavy atom. The highest BCUT2D eigenvalue weighted by Crippen LogP contribution is 2.20. The first-order valence-electron chi connectivity index (χ1n) is 6.49. The average molecular weight is 284 g/mol. The van der Waals surface area contributed by atoms with Crippen LogP contribution in [0.5, 0.6) is 6.01 Å². The molecular weight excluding hydrogens is 268 g/mol. The van der Waals surface area contributed by atoms with Crippen molar-refractivity contribution in [3.8, 4) is 12.1 Å². The maximum Gasteiger partial charge on any atom is 0.323 e. The predicted octanol–water partition coefficient (Wildman–Crippen LogP) is 2.32. The van der Waals surface area contributed by atoms with Crippen LogP contribution in [0.4, 0.5) is 17.6 Å². The van der Waals surface area contributed by atoms with Crippen molar-refractivity contribution in [1.29, 1.82) is 5.26 Å². The Morgan fingerprint density at radius 3 is 2.52 bits per heavy atom. The summed E-state index contributed by atoms with van der Waals surface area (Å²) in [6, 6.07) is 9.46. The normalized spacial score (nSPS) is 10.0. The Balaban J connectivity index is 2.33. The molecule has 1 aromatic carbocycles. The van der Waals surface area contributed by atoms with Gasteiger partial charge < -0.3 is 15.4 Å². The molecule has 7 nitrogen and oxygen atoms in total. The molecule has 0 aliphatic heterocycles. The van der Waals surface area contributed by atoms with E-state index in [2.05, 4.69) is 31.7 Å². The van der Waals surface area contributed by atoms with Crippen molar-refractivity contribution in [2.45, 2.75) is 20.0 Å². The van der Waals surface area contributed by atoms with Crippen LogP contribution in [0, 0.1) is 11.3 Å². The zero-order valence-corrected chi connectivity index (χ0v) is 12.1. The third kappa shape index (κ3) is 3.79. The number of nitrogens with one attached hydrogen (secondary N) is 2. The molecule has 2 N–H and O–H groups in total. The third-order valence-corrected chi connectivity index (χ3v) is 2.47. The summed E-state index contributed by atoms with van der Waals surface area (Å²) in [7, 11) is 1.71. The van der Waals surface area contributed by atoms with Crippen LogP contribution in [0.1, 0.15) is 19.4 Å². The molecule has 0 radical (unpaired) electrons. The van der Waals surface area contributed by atoms with Gasteiger partial charge in [-0.2, -0.15) is 20.2 Å². The summed E-state index contributed by atoms with van der Waals surface area (Å²) in [5.41, 5.74) is 1.14. The van der Waals surface area contributed by atoms with Crippen LogP contribution >= 0.6 is 0 Å². The van der Waals surface area contributed by atoms with Gasteiger partial charge in [-0.1, -0.05) is 12.1 Å². The predicted molar refractivity (Wildman–Crippen MR) is 79.6 cm³/mol. The number of nitrogens with zero attached hydrogens (tertiary/aromatic N) is 4. The van der Waals surface area contributed by atoms with Crippen molar-refractivity contribution in [2.75, 3.05) is 17.7 Å². The highest BCUT2D eigenvalue weighted by Gasteiger charge is 2.10. The fraction of sp³-hybridized carbons (Fsp3) is 0.286. The number of rotatable bonds is 5. The molecule has 1 heterocycles. The molecule has 0 saturated heterocycles. The first-order chi connectivity index (χ1) is 10.1. The zero-order chi connectivity index (χ0) is 15.2. The van der Waals surface area contributed by atoms with Crippen LogP contribution in [-0.4, -0.2) is 28.1 Å². The maximum absolute atomic E-state index is 9.09. The minimum atomic E-state index is -0.0450. The molecule has 0 saturated carbocycles. The summed E-state index contributed by atoms with van der Waals surface area (Å²) >= 11 is 0. The van der Waals surface area contributed by atoms with Gasteiger partial charge >= 0.3 is 6.01 Å². The largest absolute Gasteiger partial charge is 0.461 e. The zero-order valence-electron chi connectivity index (χ0n) is 12.1. The lowest BCUT2D eigenvalue weighted by Gasteiger charge is -2.11. The Hall–Kier alpha value is -2.88. The van der Waals surface area contributed by atoms with Crippen LogP contribution in [-0.2, 0) is 0 Å². The Labute approximate surface area is 123 Å². The summed E-state index contributed by atoms with van der Waals surface area (Å²) in [5, 5.41) is 14.9. The van der Waals surface area contributed by atoms with Crippen molar-refractivity contribution in [3.63, 3.8) is 0 Å². The van der Waals surface area contributed by atoms with Crippen molar-refractivity contribution in [2.24, 2.45) is 0 Å². The van der Waals surface area contributed by atoms with Crippen LogP contribution in [0.3, 0.4) is 0 Å². The summed E-state index contributed by atoms with van der Waals surface area (Å²) in [6.45, 7) is 3.78. The van der Waals surface area contributed by atoms with E-state index < -0.39 is 0 Å². The van der Waals surface area contributed by atoms with E-state index in [0.29, 0.717) is 23.1 Å². The monoisotopic (exact) mass is 284 g/mol. The van der Waals surface area contributed by atoms with Gasteiger partial charge in [-0.15, -0.1) is 0 Å². The second-order valence-corrected chi connectivity index (χ2v) is 4.46. The lowest BCUT2D eigenvalue weighted by Crippen LogP contribution is -2.12. The first-order valence-corrected chi connectivity index (χ1v) is 6.49. The van der Waals surface area contributed by atoms with E-state index in [9.17, 15) is 0 Å². The van der Waals surface area contributed by atoms with Crippen molar-refractivity contribution in [3.05, 3.63) is 29.8 Å². The molecule has 1 aromatic heterocycles. The Bertz CT molecular complexity index is 665. The number of nitriles is 1. The van der Waals surface area contributed by atoms with Crippen molar-refractivity contribution in [1.82, 2.24) is 15.0 Å². The fourth-order valence-corrected chi connectivity index (χ4v) is 1.60. The summed E-state index contributed by atoms with van der Waals surface area (Å²) in [6.07, 6.45) is -0.0450. The number of hydrogen-bond acceptors (Lipinski definition) is 7. The standard InChI is InChI=1S/C14H16N6O/c1-9(2)21-14-19-12(16-3)18-13(20-14)17-11-7-5-4-6-10(11)8-15/h4-7,9H,1-3H3,(H2,16,17,18,19,20). The molecule has 0 bridgehead atoms. The van der Waals surface area contributed by atoms with E-state index in [1.54, 1.807) is 25.2 Å². The Kier molecular flexibility index (Phi) is 4.51. The molecule has 0 amide bonds. The van der Waals surface area contributed by atoms with Gasteiger partial charge in [0.1, 0.15) is 6.07 Å². The molecule has 0 atom stereocenters. The van der Waals surface area contributed by atoms with Gasteiger partial charge in [0, 0.05) is 7.05 Å². The highest BCUT2D eigenvalue weighted by atomic mass is 16.5. The lowest BCUT2D eigenvalue weighted by atomic mass is 10.2. The van der Waals surface area contributed by atoms with Crippen LogP contribution in [0.25, 0.3) is 0 Å². The highest BCUT2D eigenvalue weighted by molar-refractivity contribution is 5.63. The summed E-state index contributed by atoms with van der Waals surface area (Å²) in [5.74, 6) is 0.699. The Morgan fingerprint density at radius 2 is 1.86 bits per heavy atom. The minimum Gasteiger partial charge on any atom is -0.461 e. The van der Waals surface area contributed by atoms with Gasteiger partial charge in [0.15, 0.2) is 0 Å². The van der Waals surface area contributed by atoms with Gasteiger partial charge in [-0.05, 0) is 26.0 Å². The molecule has 0 unspecified atom stereocenters. The second kappa shape index (κ2) is 6.52. The number of anilines is 3. The number of para-hydroxylation sites is 1. The van der Waals surface area contributed by atoms with E-state index in [-0.39, 0.29) is 12.1 Å². The van der Waals surface area contributed by atoms with Gasteiger partial charge in [-0.3, -0.25) is 0 Å².